The molecule has 54 heavy (non-hydrogen) atoms. The highest BCUT2D eigenvalue weighted by Gasteiger charge is 2.63. The van der Waals surface area contributed by atoms with E-state index in [0.717, 1.165) is 23.3 Å². The summed E-state index contributed by atoms with van der Waals surface area (Å²) in [6.45, 7) is 7.13. The first-order valence-corrected chi connectivity index (χ1v) is 17.4. The van der Waals surface area contributed by atoms with Crippen LogP contribution < -0.4 is 26.0 Å². The standard InChI is InChI=1S/C37H46ClF3N4O9/c1-8-29(53-33(47)43-23-12-13-25(42)24(17-23)37(39,40)41)35(4)32(54-35)21(3)28-18-36(49,44-34(48)52-28)30(51-7)11-9-10-20(2)14-22-15-26(45(5)19-46)31(38)27(16-22)50-6/h9-13,15-17,19,21,28-30,32,49H,8,14,18,42H2,1-7H3,(H,43,47)(H,44,48)/b11-9+,20-10+/t21-,28+,29+,30-,32+,35+,36+/m1/s1. The number of nitrogens with zero attached hydrogens (tertiary/aromatic N) is 1. The number of cyclic esters (lactones) is 1. The van der Waals surface area contributed by atoms with Crippen molar-refractivity contribution in [3.8, 4) is 5.75 Å². The number of alkyl carbamates (subject to hydrolysis) is 1. The number of nitrogens with two attached hydrogens (primary N) is 1. The lowest BCUT2D eigenvalue weighted by atomic mass is 9.84. The SMILES string of the molecule is CC[C@H](OC(=O)Nc1ccc(N)c(C(F)(F)F)c1)[C@]1(C)O[C@H]1[C@H](C)[C@@H]1C[C@](O)([C@@H](/C=C/C=C(\C)Cc2cc(OC)c(Cl)c(N(C)C=O)c2)OC)NC(=O)O1. The zero-order valence-electron chi connectivity index (χ0n) is 31.0. The molecule has 2 aliphatic rings. The second kappa shape index (κ2) is 16.9. The summed E-state index contributed by atoms with van der Waals surface area (Å²) >= 11 is 6.38. The van der Waals surface area contributed by atoms with Gasteiger partial charge in [0.15, 0.2) is 5.72 Å². The van der Waals surface area contributed by atoms with Crippen molar-refractivity contribution in [1.82, 2.24) is 5.32 Å². The number of alkyl halides is 3. The number of carbonyl (C=O) groups excluding carboxylic acids is 3. The summed E-state index contributed by atoms with van der Waals surface area (Å²) in [6, 6.07) is 6.55. The number of hydrogen-bond acceptors (Lipinski definition) is 10. The highest BCUT2D eigenvalue weighted by atomic mass is 35.5. The molecule has 5 N–H and O–H groups in total. The molecule has 0 saturated carbocycles. The number of hydrogen-bond donors (Lipinski definition) is 4. The van der Waals surface area contributed by atoms with Crippen LogP contribution >= 0.6 is 11.6 Å². The van der Waals surface area contributed by atoms with Gasteiger partial charge in [-0.15, -0.1) is 0 Å². The van der Waals surface area contributed by atoms with E-state index < -0.39 is 71.3 Å². The van der Waals surface area contributed by atoms with Gasteiger partial charge in [0.2, 0.25) is 6.41 Å². The first kappa shape index (κ1) is 42.2. The van der Waals surface area contributed by atoms with E-state index in [1.807, 2.05) is 13.0 Å². The molecule has 2 aliphatic heterocycles. The topological polar surface area (TPSA) is 174 Å². The van der Waals surface area contributed by atoms with E-state index >= 15 is 0 Å². The number of epoxide rings is 1. The van der Waals surface area contributed by atoms with Gasteiger partial charge in [-0.3, -0.25) is 15.4 Å². The minimum atomic E-state index is -4.72. The number of allylic oxidation sites excluding steroid dienone is 3. The lowest BCUT2D eigenvalue weighted by molar-refractivity contribution is -0.142. The Bertz CT molecular complexity index is 1780. The number of amides is 3. The molecule has 13 nitrogen and oxygen atoms in total. The Morgan fingerprint density at radius 2 is 1.98 bits per heavy atom. The number of halogens is 4. The monoisotopic (exact) mass is 782 g/mol. The Labute approximate surface area is 316 Å². The van der Waals surface area contributed by atoms with Gasteiger partial charge in [0.1, 0.15) is 34.7 Å². The Hall–Kier alpha value is -4.51. The lowest BCUT2D eigenvalue weighted by Crippen LogP contribution is -2.63. The number of benzene rings is 2. The maximum Gasteiger partial charge on any atom is 0.418 e. The maximum atomic E-state index is 13.3. The Morgan fingerprint density at radius 1 is 1.28 bits per heavy atom. The summed E-state index contributed by atoms with van der Waals surface area (Å²) in [6.07, 6.45) is -3.40. The van der Waals surface area contributed by atoms with E-state index in [1.54, 1.807) is 52.1 Å². The molecule has 17 heteroatoms. The molecule has 3 amide bonds. The van der Waals surface area contributed by atoms with E-state index in [1.165, 1.54) is 25.2 Å². The minimum Gasteiger partial charge on any atom is -0.495 e. The van der Waals surface area contributed by atoms with Crippen LogP contribution in [0.15, 0.2) is 54.1 Å². The van der Waals surface area contributed by atoms with Gasteiger partial charge in [-0.1, -0.05) is 49.2 Å². The largest absolute Gasteiger partial charge is 0.495 e. The summed E-state index contributed by atoms with van der Waals surface area (Å²) in [4.78, 5) is 38.3. The first-order chi connectivity index (χ1) is 25.3. The first-order valence-electron chi connectivity index (χ1n) is 17.0. The molecule has 2 fully saturated rings. The van der Waals surface area contributed by atoms with Crippen molar-refractivity contribution in [1.29, 1.82) is 0 Å². The van der Waals surface area contributed by atoms with E-state index in [-0.39, 0.29) is 12.1 Å². The summed E-state index contributed by atoms with van der Waals surface area (Å²) in [5.41, 5.74) is 3.05. The quantitative estimate of drug-likeness (QED) is 0.0666. The molecule has 0 bridgehead atoms. The van der Waals surface area contributed by atoms with E-state index in [0.29, 0.717) is 35.7 Å². The Kier molecular flexibility index (Phi) is 13.2. The fraction of sp³-hybridized carbons (Fsp3) is 0.486. The van der Waals surface area contributed by atoms with Gasteiger partial charge >= 0.3 is 18.4 Å². The van der Waals surface area contributed by atoms with Crippen molar-refractivity contribution < 1.29 is 56.3 Å². The summed E-state index contributed by atoms with van der Waals surface area (Å²) in [5, 5.41) is 16.8. The van der Waals surface area contributed by atoms with Crippen LogP contribution in [0.3, 0.4) is 0 Å². The summed E-state index contributed by atoms with van der Waals surface area (Å²) in [5.74, 6) is -0.0784. The average molecular weight is 783 g/mol. The molecule has 4 rings (SSSR count). The van der Waals surface area contributed by atoms with Crippen LogP contribution in [0, 0.1) is 5.92 Å². The van der Waals surface area contributed by atoms with Crippen LogP contribution in [0.2, 0.25) is 5.02 Å². The predicted octanol–water partition coefficient (Wildman–Crippen LogP) is 6.61. The highest BCUT2D eigenvalue weighted by Crippen LogP contribution is 2.49. The number of nitrogen functional groups attached to an aromatic ring is 1. The van der Waals surface area contributed by atoms with Crippen molar-refractivity contribution in [3.63, 3.8) is 0 Å². The number of methoxy groups -OCH3 is 2. The van der Waals surface area contributed by atoms with Gasteiger partial charge in [-0.05, 0) is 62.6 Å². The summed E-state index contributed by atoms with van der Waals surface area (Å²) in [7, 11) is 4.46. The smallest absolute Gasteiger partial charge is 0.418 e. The second-order valence-electron chi connectivity index (χ2n) is 13.6. The van der Waals surface area contributed by atoms with Crippen LogP contribution in [0.5, 0.6) is 5.75 Å². The number of ether oxygens (including phenoxy) is 5. The maximum absolute atomic E-state index is 13.3. The van der Waals surface area contributed by atoms with Crippen LogP contribution in [-0.2, 0) is 36.3 Å². The molecule has 0 radical (unpaired) electrons. The third kappa shape index (κ3) is 9.58. The van der Waals surface area contributed by atoms with E-state index in [4.69, 9.17) is 41.0 Å². The van der Waals surface area contributed by atoms with Gasteiger partial charge in [0, 0.05) is 37.9 Å². The third-order valence-corrected chi connectivity index (χ3v) is 10.00. The minimum absolute atomic E-state index is 0.0875. The van der Waals surface area contributed by atoms with Crippen LogP contribution in [-0.4, -0.2) is 80.7 Å². The molecule has 0 aromatic heterocycles. The second-order valence-corrected chi connectivity index (χ2v) is 14.0. The Morgan fingerprint density at radius 3 is 2.59 bits per heavy atom. The molecule has 0 aliphatic carbocycles. The van der Waals surface area contributed by atoms with Gasteiger partial charge in [-0.25, -0.2) is 9.59 Å². The van der Waals surface area contributed by atoms with Gasteiger partial charge in [0.05, 0.1) is 24.5 Å². The number of nitrogens with one attached hydrogen (secondary N) is 2. The molecule has 296 valence electrons. The zero-order chi connectivity index (χ0) is 40.2. The number of aliphatic hydroxyl groups is 1. The van der Waals surface area contributed by atoms with Gasteiger partial charge in [-0.2, -0.15) is 13.2 Å². The van der Waals surface area contributed by atoms with Gasteiger partial charge in [0.25, 0.3) is 0 Å². The Balaban J connectivity index is 1.41. The fourth-order valence-corrected chi connectivity index (χ4v) is 6.96. The highest BCUT2D eigenvalue weighted by molar-refractivity contribution is 6.35. The normalized spacial score (nSPS) is 24.5. The van der Waals surface area contributed by atoms with Gasteiger partial charge < -0.3 is 39.4 Å². The molecule has 0 unspecified atom stereocenters. The average Bonchev–Trinajstić information content (AvgIpc) is 3.80. The van der Waals surface area contributed by atoms with Crippen LogP contribution in [0.25, 0.3) is 0 Å². The number of rotatable bonds is 15. The lowest BCUT2D eigenvalue weighted by Gasteiger charge is -2.42. The summed E-state index contributed by atoms with van der Waals surface area (Å²) < 4.78 is 68.1. The van der Waals surface area contributed by atoms with Crippen molar-refractivity contribution >= 4 is 47.3 Å². The van der Waals surface area contributed by atoms with Crippen molar-refractivity contribution in [2.24, 2.45) is 5.92 Å². The third-order valence-electron chi connectivity index (χ3n) is 9.62. The molecule has 2 aromatic rings. The molecular weight excluding hydrogens is 737 g/mol. The fourth-order valence-electron chi connectivity index (χ4n) is 6.65. The molecule has 2 aromatic carbocycles. The number of carbonyl (C=O) groups is 3. The van der Waals surface area contributed by atoms with E-state index in [2.05, 4.69) is 10.6 Å². The van der Waals surface area contributed by atoms with Crippen molar-refractivity contribution in [3.05, 3.63) is 70.3 Å². The van der Waals surface area contributed by atoms with Crippen molar-refractivity contribution in [2.75, 3.05) is 37.2 Å². The van der Waals surface area contributed by atoms with Crippen LogP contribution in [0.1, 0.15) is 51.7 Å². The molecule has 2 saturated heterocycles. The zero-order valence-corrected chi connectivity index (χ0v) is 31.7. The molecule has 0 spiro atoms. The number of anilines is 3. The predicted molar refractivity (Wildman–Crippen MR) is 195 cm³/mol. The molecule has 7 atom stereocenters. The molecule has 2 heterocycles. The van der Waals surface area contributed by atoms with Crippen molar-refractivity contribution in [2.45, 2.75) is 88.9 Å². The van der Waals surface area contributed by atoms with Crippen LogP contribution in [0.4, 0.5) is 39.8 Å². The van der Waals surface area contributed by atoms with E-state index in [9.17, 15) is 32.7 Å². The molecular formula is C37H46ClF3N4O9.